The van der Waals surface area contributed by atoms with Gasteiger partial charge in [0, 0.05) is 12.2 Å². The van der Waals surface area contributed by atoms with Gasteiger partial charge in [0.1, 0.15) is 5.75 Å². The summed E-state index contributed by atoms with van der Waals surface area (Å²) in [6, 6.07) is 16.4. The lowest BCUT2D eigenvalue weighted by atomic mass is 9.90. The van der Waals surface area contributed by atoms with E-state index in [1.165, 1.54) is 0 Å². The zero-order valence-electron chi connectivity index (χ0n) is 16.4. The van der Waals surface area contributed by atoms with Crippen molar-refractivity contribution in [1.82, 2.24) is 4.90 Å². The van der Waals surface area contributed by atoms with E-state index in [9.17, 15) is 9.59 Å². The van der Waals surface area contributed by atoms with Crippen molar-refractivity contribution in [3.63, 3.8) is 0 Å². The molecule has 0 aromatic heterocycles. The third kappa shape index (κ3) is 4.59. The van der Waals surface area contributed by atoms with Gasteiger partial charge in [-0.1, -0.05) is 43.2 Å². The Morgan fingerprint density at radius 1 is 1.03 bits per heavy atom. The summed E-state index contributed by atoms with van der Waals surface area (Å²) in [5.41, 5.74) is 1.11. The fraction of sp³-hybridized carbons (Fsp3) is 0.391. The topological polar surface area (TPSA) is 67.9 Å². The first-order chi connectivity index (χ1) is 14.2. The summed E-state index contributed by atoms with van der Waals surface area (Å²) >= 11 is 0. The van der Waals surface area contributed by atoms with Gasteiger partial charge in [0.2, 0.25) is 0 Å². The number of fused-ring (bicyclic) bond motifs is 1. The molecule has 2 fully saturated rings. The second-order valence-electron chi connectivity index (χ2n) is 7.45. The lowest BCUT2D eigenvalue weighted by molar-refractivity contribution is -0.151. The number of benzene rings is 2. The van der Waals surface area contributed by atoms with Crippen LogP contribution in [0.3, 0.4) is 0 Å². The van der Waals surface area contributed by atoms with Gasteiger partial charge in [-0.25, -0.2) is 0 Å². The molecule has 1 saturated heterocycles. The number of rotatable bonds is 5. The van der Waals surface area contributed by atoms with Crippen LogP contribution in [-0.2, 0) is 9.53 Å². The molecule has 2 amide bonds. The Balaban J connectivity index is 1.41. The second kappa shape index (κ2) is 9.09. The van der Waals surface area contributed by atoms with Gasteiger partial charge in [0.05, 0.1) is 24.3 Å². The molecule has 1 N–H and O–H groups in total. The van der Waals surface area contributed by atoms with Gasteiger partial charge >= 0.3 is 0 Å². The van der Waals surface area contributed by atoms with E-state index in [-0.39, 0.29) is 30.6 Å². The number of morpholine rings is 1. The number of ether oxygens (including phenoxy) is 2. The van der Waals surface area contributed by atoms with E-state index in [1.807, 2.05) is 35.2 Å². The number of nitrogens with zero attached hydrogens (tertiary/aromatic N) is 1. The number of carbonyl (C=O) groups is 2. The molecule has 2 aliphatic rings. The Kier molecular flexibility index (Phi) is 6.10. The van der Waals surface area contributed by atoms with Crippen LogP contribution in [0.15, 0.2) is 54.6 Å². The molecule has 2 aromatic carbocycles. The molecule has 152 valence electrons. The molecular formula is C23H26N2O4. The predicted molar refractivity (Wildman–Crippen MR) is 110 cm³/mol. The van der Waals surface area contributed by atoms with Crippen molar-refractivity contribution in [3.05, 3.63) is 60.2 Å². The number of anilines is 1. The standard InChI is InChI=1S/C23H26N2O4/c26-22(25-14-15-28-21-13-7-5-11-19(21)25)16-29-20-12-6-4-10-18(20)23(27)24-17-8-2-1-3-9-17/h1-4,6,8-10,12,19,21H,5,7,11,13-16H2,(H,24,27)/t19-,21+/m0/s1. The smallest absolute Gasteiger partial charge is 0.260 e. The zero-order chi connectivity index (χ0) is 20.1. The van der Waals surface area contributed by atoms with Crippen molar-refractivity contribution < 1.29 is 19.1 Å². The highest BCUT2D eigenvalue weighted by Crippen LogP contribution is 2.28. The molecule has 0 bridgehead atoms. The first kappa shape index (κ1) is 19.5. The SMILES string of the molecule is O=C(Nc1ccccc1)c1ccccc1OCC(=O)N1CCO[C@@H]2CCCC[C@@H]21. The predicted octanol–water partition coefficient (Wildman–Crippen LogP) is 3.49. The molecule has 1 aliphatic carbocycles. The van der Waals surface area contributed by atoms with Crippen molar-refractivity contribution >= 4 is 17.5 Å². The number of carbonyl (C=O) groups excluding carboxylic acids is 2. The monoisotopic (exact) mass is 394 g/mol. The van der Waals surface area contributed by atoms with Gasteiger partial charge < -0.3 is 19.7 Å². The number of amides is 2. The number of hydrogen-bond acceptors (Lipinski definition) is 4. The summed E-state index contributed by atoms with van der Waals surface area (Å²) in [4.78, 5) is 27.4. The molecule has 0 radical (unpaired) electrons. The summed E-state index contributed by atoms with van der Waals surface area (Å²) < 4.78 is 11.6. The van der Waals surface area contributed by atoms with Crippen molar-refractivity contribution in [2.75, 3.05) is 25.1 Å². The molecule has 1 heterocycles. The van der Waals surface area contributed by atoms with E-state index in [0.717, 1.165) is 25.7 Å². The normalized spacial score (nSPS) is 21.2. The highest BCUT2D eigenvalue weighted by molar-refractivity contribution is 6.06. The summed E-state index contributed by atoms with van der Waals surface area (Å²) in [6.07, 6.45) is 4.41. The minimum atomic E-state index is -0.266. The number of hydrogen-bond donors (Lipinski definition) is 1. The van der Waals surface area contributed by atoms with Gasteiger partial charge in [-0.05, 0) is 37.1 Å². The van der Waals surface area contributed by atoms with Gasteiger partial charge in [-0.15, -0.1) is 0 Å². The molecule has 2 atom stereocenters. The van der Waals surface area contributed by atoms with Gasteiger partial charge in [-0.2, -0.15) is 0 Å². The average Bonchev–Trinajstić information content (AvgIpc) is 2.78. The van der Waals surface area contributed by atoms with E-state index in [0.29, 0.717) is 30.2 Å². The average molecular weight is 394 g/mol. The zero-order valence-corrected chi connectivity index (χ0v) is 16.4. The van der Waals surface area contributed by atoms with Crippen LogP contribution < -0.4 is 10.1 Å². The maximum atomic E-state index is 12.8. The molecule has 2 aromatic rings. The van der Waals surface area contributed by atoms with Crippen molar-refractivity contribution in [2.24, 2.45) is 0 Å². The quantitative estimate of drug-likeness (QED) is 0.843. The summed E-state index contributed by atoms with van der Waals surface area (Å²) in [5, 5.41) is 2.86. The molecular weight excluding hydrogens is 368 g/mol. The molecule has 1 saturated carbocycles. The molecule has 6 heteroatoms. The molecule has 0 unspecified atom stereocenters. The number of para-hydroxylation sites is 2. The first-order valence-corrected chi connectivity index (χ1v) is 10.2. The van der Waals surface area contributed by atoms with Crippen molar-refractivity contribution in [3.8, 4) is 5.75 Å². The summed E-state index contributed by atoms with van der Waals surface area (Å²) in [6.45, 7) is 1.08. The van der Waals surface area contributed by atoms with Crippen LogP contribution in [0.1, 0.15) is 36.0 Å². The van der Waals surface area contributed by atoms with E-state index in [1.54, 1.807) is 24.3 Å². The minimum absolute atomic E-state index is 0.0523. The Morgan fingerprint density at radius 2 is 1.79 bits per heavy atom. The second-order valence-corrected chi connectivity index (χ2v) is 7.45. The van der Waals surface area contributed by atoms with E-state index < -0.39 is 0 Å². The van der Waals surface area contributed by atoms with Crippen LogP contribution in [0.25, 0.3) is 0 Å². The number of nitrogens with one attached hydrogen (secondary N) is 1. The Hall–Kier alpha value is -2.86. The molecule has 29 heavy (non-hydrogen) atoms. The largest absolute Gasteiger partial charge is 0.483 e. The van der Waals surface area contributed by atoms with Gasteiger partial charge in [0.15, 0.2) is 6.61 Å². The van der Waals surface area contributed by atoms with Gasteiger partial charge in [-0.3, -0.25) is 9.59 Å². The van der Waals surface area contributed by atoms with Crippen LogP contribution in [-0.4, -0.2) is 48.6 Å². The Bertz CT molecular complexity index is 853. The first-order valence-electron chi connectivity index (χ1n) is 10.2. The van der Waals surface area contributed by atoms with E-state index >= 15 is 0 Å². The Labute approximate surface area is 170 Å². The maximum absolute atomic E-state index is 12.8. The minimum Gasteiger partial charge on any atom is -0.483 e. The fourth-order valence-electron chi connectivity index (χ4n) is 4.13. The maximum Gasteiger partial charge on any atom is 0.260 e. The highest BCUT2D eigenvalue weighted by atomic mass is 16.5. The lowest BCUT2D eigenvalue weighted by Crippen LogP contribution is -2.55. The molecule has 0 spiro atoms. The van der Waals surface area contributed by atoms with Crippen LogP contribution in [0.5, 0.6) is 5.75 Å². The highest BCUT2D eigenvalue weighted by Gasteiger charge is 2.36. The molecule has 1 aliphatic heterocycles. The third-order valence-electron chi connectivity index (χ3n) is 5.57. The van der Waals surface area contributed by atoms with E-state index in [2.05, 4.69) is 5.32 Å². The van der Waals surface area contributed by atoms with Crippen LogP contribution in [0.4, 0.5) is 5.69 Å². The summed E-state index contributed by atoms with van der Waals surface area (Å²) in [5.74, 6) is 0.0872. The van der Waals surface area contributed by atoms with Crippen molar-refractivity contribution in [2.45, 2.75) is 37.8 Å². The van der Waals surface area contributed by atoms with E-state index in [4.69, 9.17) is 9.47 Å². The third-order valence-corrected chi connectivity index (χ3v) is 5.57. The van der Waals surface area contributed by atoms with Crippen LogP contribution in [0, 0.1) is 0 Å². The Morgan fingerprint density at radius 3 is 2.66 bits per heavy atom. The van der Waals surface area contributed by atoms with Crippen LogP contribution >= 0.6 is 0 Å². The summed E-state index contributed by atoms with van der Waals surface area (Å²) in [7, 11) is 0. The lowest BCUT2D eigenvalue weighted by Gasteiger charge is -2.43. The van der Waals surface area contributed by atoms with Gasteiger partial charge in [0.25, 0.3) is 11.8 Å². The molecule has 6 nitrogen and oxygen atoms in total. The van der Waals surface area contributed by atoms with Crippen LogP contribution in [0.2, 0.25) is 0 Å². The van der Waals surface area contributed by atoms with Crippen molar-refractivity contribution in [1.29, 1.82) is 0 Å². The molecule has 4 rings (SSSR count). The fourth-order valence-corrected chi connectivity index (χ4v) is 4.13.